The first-order valence-electron chi connectivity index (χ1n) is 9.42. The van der Waals surface area contributed by atoms with Gasteiger partial charge in [-0.25, -0.2) is 4.98 Å². The van der Waals surface area contributed by atoms with Gasteiger partial charge in [0, 0.05) is 32.4 Å². The van der Waals surface area contributed by atoms with Crippen molar-refractivity contribution >= 4 is 11.7 Å². The Morgan fingerprint density at radius 3 is 2.77 bits per heavy atom. The molecular weight excluding hydrogens is 330 g/mol. The number of carbonyl (C=O) groups excluding carboxylic acids is 1. The van der Waals surface area contributed by atoms with E-state index in [-0.39, 0.29) is 12.5 Å². The van der Waals surface area contributed by atoms with E-state index >= 15 is 0 Å². The monoisotopic (exact) mass is 355 g/mol. The first-order valence-corrected chi connectivity index (χ1v) is 9.42. The average Bonchev–Trinajstić information content (AvgIpc) is 2.98. The summed E-state index contributed by atoms with van der Waals surface area (Å²) in [7, 11) is 0. The highest BCUT2D eigenvalue weighted by Gasteiger charge is 2.25. The maximum absolute atomic E-state index is 13.1. The molecule has 0 saturated carbocycles. The quantitative estimate of drug-likeness (QED) is 0.909. The molecule has 7 nitrogen and oxygen atoms in total. The lowest BCUT2D eigenvalue weighted by atomic mass is 10.1. The van der Waals surface area contributed by atoms with Crippen LogP contribution in [0.4, 0.5) is 5.82 Å². The number of aryl methyl sites for hydroxylation is 1. The molecule has 0 atom stereocenters. The third kappa shape index (κ3) is 3.31. The van der Waals surface area contributed by atoms with Crippen molar-refractivity contribution in [3.05, 3.63) is 41.3 Å². The molecule has 1 fully saturated rings. The van der Waals surface area contributed by atoms with Gasteiger partial charge in [-0.2, -0.15) is 5.10 Å². The number of anilines is 1. The highest BCUT2D eigenvalue weighted by molar-refractivity contribution is 5.99. The number of nitrogens with zero attached hydrogens (tertiary/aromatic N) is 5. The van der Waals surface area contributed by atoms with Crippen LogP contribution in [0, 0.1) is 0 Å². The van der Waals surface area contributed by atoms with Gasteiger partial charge in [-0.15, -0.1) is 0 Å². The summed E-state index contributed by atoms with van der Waals surface area (Å²) < 4.78 is 1.96. The van der Waals surface area contributed by atoms with Crippen LogP contribution in [0.25, 0.3) is 0 Å². The SMILES string of the molecule is O=C(c1cccnc1N1CCCn2nc(CO)cc2C1)N1CCCCC1. The number of likely N-dealkylation sites (tertiary alicyclic amines) is 1. The van der Waals surface area contributed by atoms with Crippen molar-refractivity contribution in [1.29, 1.82) is 0 Å². The molecule has 0 radical (unpaired) electrons. The number of piperidine rings is 1. The zero-order valence-corrected chi connectivity index (χ0v) is 15.0. The molecule has 0 aliphatic carbocycles. The van der Waals surface area contributed by atoms with Crippen molar-refractivity contribution in [1.82, 2.24) is 19.7 Å². The van der Waals surface area contributed by atoms with E-state index in [0.717, 1.165) is 57.0 Å². The number of hydrogen-bond acceptors (Lipinski definition) is 5. The van der Waals surface area contributed by atoms with Crippen LogP contribution in [0.5, 0.6) is 0 Å². The highest BCUT2D eigenvalue weighted by atomic mass is 16.3. The summed E-state index contributed by atoms with van der Waals surface area (Å²) >= 11 is 0. The Morgan fingerprint density at radius 1 is 1.12 bits per heavy atom. The van der Waals surface area contributed by atoms with Crippen LogP contribution in [0.2, 0.25) is 0 Å². The Morgan fingerprint density at radius 2 is 1.96 bits per heavy atom. The second kappa shape index (κ2) is 7.45. The summed E-state index contributed by atoms with van der Waals surface area (Å²) in [4.78, 5) is 21.7. The Hall–Kier alpha value is -2.41. The van der Waals surface area contributed by atoms with E-state index in [2.05, 4.69) is 15.0 Å². The molecule has 26 heavy (non-hydrogen) atoms. The van der Waals surface area contributed by atoms with Gasteiger partial charge < -0.3 is 14.9 Å². The van der Waals surface area contributed by atoms with Gasteiger partial charge in [0.25, 0.3) is 5.91 Å². The number of aliphatic hydroxyl groups is 1. The van der Waals surface area contributed by atoms with Gasteiger partial charge >= 0.3 is 0 Å². The van der Waals surface area contributed by atoms with E-state index in [1.807, 2.05) is 27.8 Å². The van der Waals surface area contributed by atoms with Crippen molar-refractivity contribution in [2.24, 2.45) is 0 Å². The minimum Gasteiger partial charge on any atom is -0.390 e. The topological polar surface area (TPSA) is 74.5 Å². The van der Waals surface area contributed by atoms with Crippen LogP contribution in [0.3, 0.4) is 0 Å². The smallest absolute Gasteiger partial charge is 0.257 e. The Labute approximate surface area is 153 Å². The maximum atomic E-state index is 13.1. The van der Waals surface area contributed by atoms with Crippen molar-refractivity contribution in [3.63, 3.8) is 0 Å². The van der Waals surface area contributed by atoms with Gasteiger partial charge in [0.05, 0.1) is 30.1 Å². The van der Waals surface area contributed by atoms with Gasteiger partial charge in [0.15, 0.2) is 0 Å². The van der Waals surface area contributed by atoms with Gasteiger partial charge in [0.1, 0.15) is 5.82 Å². The largest absolute Gasteiger partial charge is 0.390 e. The molecule has 4 heterocycles. The van der Waals surface area contributed by atoms with E-state index in [1.165, 1.54) is 6.42 Å². The number of aromatic nitrogens is 3. The molecule has 2 aromatic rings. The van der Waals surface area contributed by atoms with E-state index in [1.54, 1.807) is 6.20 Å². The molecule has 1 amide bonds. The second-order valence-electron chi connectivity index (χ2n) is 7.01. The minimum absolute atomic E-state index is 0.0533. The van der Waals surface area contributed by atoms with Crippen molar-refractivity contribution < 1.29 is 9.90 Å². The van der Waals surface area contributed by atoms with Crippen LogP contribution in [-0.2, 0) is 19.7 Å². The summed E-state index contributed by atoms with van der Waals surface area (Å²) in [6, 6.07) is 5.67. The third-order valence-electron chi connectivity index (χ3n) is 5.19. The lowest BCUT2D eigenvalue weighted by Gasteiger charge is -2.29. The molecule has 0 aromatic carbocycles. The highest BCUT2D eigenvalue weighted by Crippen LogP contribution is 2.25. The van der Waals surface area contributed by atoms with Crippen molar-refractivity contribution in [3.8, 4) is 0 Å². The number of fused-ring (bicyclic) bond motifs is 1. The fraction of sp³-hybridized carbons (Fsp3) is 0.526. The lowest BCUT2D eigenvalue weighted by Crippen LogP contribution is -2.37. The summed E-state index contributed by atoms with van der Waals surface area (Å²) in [6.07, 6.45) is 6.03. The number of carbonyl (C=O) groups is 1. The molecule has 2 aliphatic rings. The van der Waals surface area contributed by atoms with Crippen LogP contribution in [-0.4, -0.2) is 50.3 Å². The van der Waals surface area contributed by atoms with E-state index < -0.39 is 0 Å². The molecule has 138 valence electrons. The van der Waals surface area contributed by atoms with E-state index in [9.17, 15) is 9.90 Å². The number of aliphatic hydroxyl groups excluding tert-OH is 1. The fourth-order valence-electron chi connectivity index (χ4n) is 3.86. The predicted molar refractivity (Wildman–Crippen MR) is 97.8 cm³/mol. The first kappa shape index (κ1) is 17.0. The fourth-order valence-corrected chi connectivity index (χ4v) is 3.86. The number of pyridine rings is 1. The summed E-state index contributed by atoms with van der Waals surface area (Å²) in [5.41, 5.74) is 2.42. The Kier molecular flexibility index (Phi) is 4.88. The lowest BCUT2D eigenvalue weighted by molar-refractivity contribution is 0.0724. The number of amides is 1. The predicted octanol–water partition coefficient (Wildman–Crippen LogP) is 1.81. The Balaban J connectivity index is 1.62. The van der Waals surface area contributed by atoms with Crippen LogP contribution in [0.1, 0.15) is 47.4 Å². The standard InChI is InChI=1S/C19H25N5O2/c25-14-15-12-16-13-23(10-5-11-24(16)21-15)18-17(6-4-7-20-18)19(26)22-8-2-1-3-9-22/h4,6-7,12,25H,1-3,5,8-11,13-14H2. The van der Waals surface area contributed by atoms with Gasteiger partial charge in [-0.3, -0.25) is 9.48 Å². The number of hydrogen-bond donors (Lipinski definition) is 1. The first-order chi connectivity index (χ1) is 12.8. The summed E-state index contributed by atoms with van der Waals surface area (Å²) in [5, 5.41) is 13.8. The third-order valence-corrected chi connectivity index (χ3v) is 5.19. The van der Waals surface area contributed by atoms with Gasteiger partial charge in [-0.1, -0.05) is 0 Å². The minimum atomic E-state index is -0.0533. The maximum Gasteiger partial charge on any atom is 0.257 e. The zero-order valence-electron chi connectivity index (χ0n) is 15.0. The van der Waals surface area contributed by atoms with Crippen LogP contribution >= 0.6 is 0 Å². The summed E-state index contributed by atoms with van der Waals surface area (Å²) in [6.45, 7) is 3.90. The van der Waals surface area contributed by atoms with Crippen LogP contribution in [0.15, 0.2) is 24.4 Å². The van der Waals surface area contributed by atoms with E-state index in [4.69, 9.17) is 0 Å². The Bertz CT molecular complexity index is 782. The van der Waals surface area contributed by atoms with Crippen molar-refractivity contribution in [2.45, 2.75) is 45.4 Å². The molecule has 1 saturated heterocycles. The van der Waals surface area contributed by atoms with Gasteiger partial charge in [-0.05, 0) is 43.9 Å². The normalized spacial score (nSPS) is 17.7. The van der Waals surface area contributed by atoms with E-state index in [0.29, 0.717) is 17.8 Å². The molecule has 4 rings (SSSR count). The zero-order chi connectivity index (χ0) is 17.9. The second-order valence-corrected chi connectivity index (χ2v) is 7.01. The molecule has 0 unspecified atom stereocenters. The van der Waals surface area contributed by atoms with Gasteiger partial charge in [0.2, 0.25) is 0 Å². The molecule has 2 aromatic heterocycles. The molecule has 0 bridgehead atoms. The van der Waals surface area contributed by atoms with Crippen molar-refractivity contribution in [2.75, 3.05) is 24.5 Å². The average molecular weight is 355 g/mol. The number of rotatable bonds is 3. The molecule has 1 N–H and O–H groups in total. The van der Waals surface area contributed by atoms with Crippen LogP contribution < -0.4 is 4.90 Å². The molecule has 7 heteroatoms. The summed E-state index contributed by atoms with van der Waals surface area (Å²) in [5.74, 6) is 0.838. The molecule has 2 aliphatic heterocycles. The molecular formula is C19H25N5O2. The molecule has 0 spiro atoms.